The van der Waals surface area contributed by atoms with Gasteiger partial charge in [0.05, 0.1) is 6.54 Å². The minimum absolute atomic E-state index is 0.0511. The number of carbonyl (C=O) groups is 1. The Bertz CT molecular complexity index is 272. The molecule has 1 amide bonds. The third-order valence-electron chi connectivity index (χ3n) is 1.87. The summed E-state index contributed by atoms with van der Waals surface area (Å²) in [7, 11) is 1.77. The Morgan fingerprint density at radius 1 is 1.64 bits per heavy atom. The zero-order valence-corrected chi connectivity index (χ0v) is 9.36. The molecule has 0 aliphatic heterocycles. The van der Waals surface area contributed by atoms with Crippen molar-refractivity contribution in [1.29, 1.82) is 0 Å². The van der Waals surface area contributed by atoms with Crippen LogP contribution in [-0.4, -0.2) is 25.5 Å². The minimum Gasteiger partial charge on any atom is -0.352 e. The zero-order valence-electron chi connectivity index (χ0n) is 8.54. The maximum Gasteiger partial charge on any atom is 0.234 e. The lowest BCUT2D eigenvalue weighted by atomic mass is 10.1. The van der Waals surface area contributed by atoms with E-state index in [-0.39, 0.29) is 11.9 Å². The van der Waals surface area contributed by atoms with Gasteiger partial charge in [-0.1, -0.05) is 0 Å². The van der Waals surface area contributed by atoms with Crippen molar-refractivity contribution in [2.24, 2.45) is 0 Å². The van der Waals surface area contributed by atoms with Gasteiger partial charge in [0.2, 0.25) is 5.91 Å². The van der Waals surface area contributed by atoms with Crippen LogP contribution in [0.15, 0.2) is 16.8 Å². The zero-order chi connectivity index (χ0) is 10.4. The van der Waals surface area contributed by atoms with Gasteiger partial charge in [0.1, 0.15) is 0 Å². The highest BCUT2D eigenvalue weighted by molar-refractivity contribution is 7.07. The Balaban J connectivity index is 2.29. The molecule has 2 N–H and O–H groups in total. The molecule has 0 saturated heterocycles. The number of carbonyl (C=O) groups excluding carboxylic acids is 1. The van der Waals surface area contributed by atoms with Crippen LogP contribution in [0.4, 0.5) is 0 Å². The molecule has 1 aromatic rings. The van der Waals surface area contributed by atoms with Gasteiger partial charge in [-0.3, -0.25) is 4.79 Å². The number of amides is 1. The van der Waals surface area contributed by atoms with E-state index < -0.39 is 0 Å². The molecule has 1 atom stereocenters. The molecule has 0 aliphatic rings. The van der Waals surface area contributed by atoms with Crippen LogP contribution >= 0.6 is 11.3 Å². The van der Waals surface area contributed by atoms with E-state index in [1.165, 1.54) is 5.56 Å². The van der Waals surface area contributed by atoms with E-state index in [4.69, 9.17) is 0 Å². The van der Waals surface area contributed by atoms with Gasteiger partial charge >= 0.3 is 0 Å². The number of hydrogen-bond acceptors (Lipinski definition) is 3. The monoisotopic (exact) mass is 212 g/mol. The quantitative estimate of drug-likeness (QED) is 0.765. The molecule has 0 saturated carbocycles. The number of likely N-dealkylation sites (N-methyl/N-ethyl adjacent to an activating group) is 1. The van der Waals surface area contributed by atoms with Crippen LogP contribution < -0.4 is 10.6 Å². The van der Waals surface area contributed by atoms with Crippen LogP contribution in [0.3, 0.4) is 0 Å². The fraction of sp³-hybridized carbons (Fsp3) is 0.500. The van der Waals surface area contributed by atoms with E-state index in [0.29, 0.717) is 6.54 Å². The van der Waals surface area contributed by atoms with Crippen LogP contribution in [0, 0.1) is 0 Å². The standard InChI is InChI=1S/C10H16N2OS/c1-8(12-10(13)6-11-2)5-9-3-4-14-7-9/h3-4,7-8,11H,5-6H2,1-2H3,(H,12,13). The van der Waals surface area contributed by atoms with E-state index >= 15 is 0 Å². The summed E-state index contributed by atoms with van der Waals surface area (Å²) in [6.07, 6.45) is 0.902. The van der Waals surface area contributed by atoms with Crippen molar-refractivity contribution in [2.45, 2.75) is 19.4 Å². The molecule has 14 heavy (non-hydrogen) atoms. The predicted molar refractivity (Wildman–Crippen MR) is 59.6 cm³/mol. The highest BCUT2D eigenvalue weighted by Gasteiger charge is 2.06. The van der Waals surface area contributed by atoms with Gasteiger partial charge < -0.3 is 10.6 Å². The molecule has 1 unspecified atom stereocenters. The van der Waals surface area contributed by atoms with Crippen molar-refractivity contribution >= 4 is 17.2 Å². The molecule has 0 aliphatic carbocycles. The first-order valence-corrected chi connectivity index (χ1v) is 5.61. The number of hydrogen-bond donors (Lipinski definition) is 2. The largest absolute Gasteiger partial charge is 0.352 e. The Morgan fingerprint density at radius 3 is 3.00 bits per heavy atom. The first-order valence-electron chi connectivity index (χ1n) is 4.67. The van der Waals surface area contributed by atoms with Crippen LogP contribution in [-0.2, 0) is 11.2 Å². The summed E-state index contributed by atoms with van der Waals surface area (Å²) in [5.74, 6) is 0.0511. The SMILES string of the molecule is CNCC(=O)NC(C)Cc1ccsc1. The van der Waals surface area contributed by atoms with Crippen LogP contribution in [0.25, 0.3) is 0 Å². The maximum atomic E-state index is 11.2. The normalized spacial score (nSPS) is 12.4. The summed E-state index contributed by atoms with van der Waals surface area (Å²) in [5.41, 5.74) is 1.28. The lowest BCUT2D eigenvalue weighted by Gasteiger charge is -2.12. The average molecular weight is 212 g/mol. The molecular formula is C10H16N2OS. The molecule has 0 spiro atoms. The third kappa shape index (κ3) is 3.89. The maximum absolute atomic E-state index is 11.2. The second kappa shape index (κ2) is 5.78. The Kier molecular flexibility index (Phi) is 4.62. The van der Waals surface area contributed by atoms with Gasteiger partial charge in [-0.25, -0.2) is 0 Å². The molecule has 1 aromatic heterocycles. The van der Waals surface area contributed by atoms with Crippen molar-refractivity contribution in [2.75, 3.05) is 13.6 Å². The molecule has 4 heteroatoms. The van der Waals surface area contributed by atoms with Crippen LogP contribution in [0.5, 0.6) is 0 Å². The summed E-state index contributed by atoms with van der Waals surface area (Å²) >= 11 is 1.69. The fourth-order valence-corrected chi connectivity index (χ4v) is 1.98. The van der Waals surface area contributed by atoms with Crippen LogP contribution in [0.1, 0.15) is 12.5 Å². The Morgan fingerprint density at radius 2 is 2.43 bits per heavy atom. The van der Waals surface area contributed by atoms with Crippen molar-refractivity contribution in [3.63, 3.8) is 0 Å². The van der Waals surface area contributed by atoms with Crippen molar-refractivity contribution in [3.8, 4) is 0 Å². The Labute approximate surface area is 88.5 Å². The molecule has 1 rings (SSSR count). The number of nitrogens with one attached hydrogen (secondary N) is 2. The molecule has 1 heterocycles. The second-order valence-electron chi connectivity index (χ2n) is 3.33. The number of thiophene rings is 1. The summed E-state index contributed by atoms with van der Waals surface area (Å²) in [4.78, 5) is 11.2. The second-order valence-corrected chi connectivity index (χ2v) is 4.11. The van der Waals surface area contributed by atoms with E-state index in [1.54, 1.807) is 18.4 Å². The van der Waals surface area contributed by atoms with E-state index in [0.717, 1.165) is 6.42 Å². The number of rotatable bonds is 5. The van der Waals surface area contributed by atoms with Crippen molar-refractivity contribution < 1.29 is 4.79 Å². The lowest BCUT2D eigenvalue weighted by molar-refractivity contribution is -0.120. The fourth-order valence-electron chi connectivity index (χ4n) is 1.30. The van der Waals surface area contributed by atoms with E-state index in [1.807, 2.05) is 6.92 Å². The molecule has 0 fully saturated rings. The molecule has 78 valence electrons. The van der Waals surface area contributed by atoms with E-state index in [2.05, 4.69) is 27.5 Å². The minimum atomic E-state index is 0.0511. The summed E-state index contributed by atoms with van der Waals surface area (Å²) in [5, 5.41) is 9.91. The Hall–Kier alpha value is -0.870. The lowest BCUT2D eigenvalue weighted by Crippen LogP contribution is -2.39. The van der Waals surface area contributed by atoms with Crippen LogP contribution in [0.2, 0.25) is 0 Å². The van der Waals surface area contributed by atoms with Gasteiger partial charge in [-0.2, -0.15) is 11.3 Å². The third-order valence-corrected chi connectivity index (χ3v) is 2.60. The van der Waals surface area contributed by atoms with E-state index in [9.17, 15) is 4.79 Å². The first-order chi connectivity index (χ1) is 6.72. The summed E-state index contributed by atoms with van der Waals surface area (Å²) in [6.45, 7) is 2.40. The van der Waals surface area contributed by atoms with Gasteiger partial charge in [0.25, 0.3) is 0 Å². The topological polar surface area (TPSA) is 41.1 Å². The predicted octanol–water partition coefficient (Wildman–Crippen LogP) is 1.01. The highest BCUT2D eigenvalue weighted by atomic mass is 32.1. The molecule has 0 aromatic carbocycles. The first kappa shape index (κ1) is 11.2. The highest BCUT2D eigenvalue weighted by Crippen LogP contribution is 2.08. The van der Waals surface area contributed by atoms with Gasteiger partial charge in [0.15, 0.2) is 0 Å². The molecular weight excluding hydrogens is 196 g/mol. The molecule has 0 radical (unpaired) electrons. The van der Waals surface area contributed by atoms with Gasteiger partial charge in [-0.15, -0.1) is 0 Å². The summed E-state index contributed by atoms with van der Waals surface area (Å²) < 4.78 is 0. The van der Waals surface area contributed by atoms with Gasteiger partial charge in [-0.05, 0) is 42.8 Å². The van der Waals surface area contributed by atoms with Crippen molar-refractivity contribution in [3.05, 3.63) is 22.4 Å². The molecule has 3 nitrogen and oxygen atoms in total. The smallest absolute Gasteiger partial charge is 0.234 e. The van der Waals surface area contributed by atoms with Crippen molar-refractivity contribution in [1.82, 2.24) is 10.6 Å². The van der Waals surface area contributed by atoms with Gasteiger partial charge in [0, 0.05) is 6.04 Å². The summed E-state index contributed by atoms with van der Waals surface area (Å²) in [6, 6.07) is 2.29. The average Bonchev–Trinajstić information content (AvgIpc) is 2.56. The molecule has 0 bridgehead atoms.